The van der Waals surface area contributed by atoms with Gasteiger partial charge in [-0.25, -0.2) is 9.02 Å². The first-order chi connectivity index (χ1) is 9.61. The van der Waals surface area contributed by atoms with Gasteiger partial charge in [0, 0.05) is 18.8 Å². The highest BCUT2D eigenvalue weighted by atomic mass is 35.5. The summed E-state index contributed by atoms with van der Waals surface area (Å²) in [7, 11) is 0. The molecule has 1 aromatic heterocycles. The smallest absolute Gasteiger partial charge is 0.202 e. The number of nitrogens with one attached hydrogen (secondary N) is 3. The molecule has 0 radical (unpaired) electrons. The Kier molecular flexibility index (Phi) is 4.49. The van der Waals surface area contributed by atoms with Gasteiger partial charge in [-0.05, 0) is 28.5 Å². The minimum Gasteiger partial charge on any atom is -0.364 e. The highest BCUT2D eigenvalue weighted by Crippen LogP contribution is 2.20. The van der Waals surface area contributed by atoms with Crippen molar-refractivity contribution < 1.29 is 9.02 Å². The van der Waals surface area contributed by atoms with E-state index in [9.17, 15) is 4.39 Å². The first-order valence-corrected chi connectivity index (χ1v) is 6.07. The molecule has 0 aliphatic heterocycles. The maximum absolute atomic E-state index is 13.0. The quantitative estimate of drug-likeness (QED) is 0.493. The fourth-order valence-electron chi connectivity index (χ4n) is 1.44. The van der Waals surface area contributed by atoms with Crippen LogP contribution < -0.4 is 16.4 Å². The number of benzene rings is 1. The molecule has 1 aromatic carbocycles. The van der Waals surface area contributed by atoms with Crippen molar-refractivity contribution in [3.8, 4) is 0 Å². The Labute approximate surface area is 118 Å². The molecule has 5 N–H and O–H groups in total. The third-order valence-corrected chi connectivity index (χ3v) is 2.64. The minimum absolute atomic E-state index is 0.0393. The summed E-state index contributed by atoms with van der Waals surface area (Å²) in [6.07, 6.45) is 0. The summed E-state index contributed by atoms with van der Waals surface area (Å²) in [5.41, 5.74) is 6.01. The van der Waals surface area contributed by atoms with E-state index in [1.165, 1.54) is 18.2 Å². The van der Waals surface area contributed by atoms with Crippen LogP contribution in [0.5, 0.6) is 0 Å². The molecule has 7 nitrogen and oxygen atoms in total. The Hall–Kier alpha value is -2.19. The molecule has 106 valence electrons. The number of rotatable bonds is 5. The van der Waals surface area contributed by atoms with E-state index in [0.29, 0.717) is 24.6 Å². The van der Waals surface area contributed by atoms with Crippen molar-refractivity contribution in [3.63, 3.8) is 0 Å². The molecule has 0 fully saturated rings. The van der Waals surface area contributed by atoms with Crippen molar-refractivity contribution in [2.45, 2.75) is 0 Å². The number of halogens is 2. The zero-order valence-corrected chi connectivity index (χ0v) is 11.0. The molecule has 0 unspecified atom stereocenters. The van der Waals surface area contributed by atoms with Crippen molar-refractivity contribution in [2.75, 3.05) is 23.7 Å². The molecule has 0 saturated carbocycles. The Balaban J connectivity index is 2.11. The van der Waals surface area contributed by atoms with E-state index in [1.807, 2.05) is 0 Å². The van der Waals surface area contributed by atoms with E-state index in [1.54, 1.807) is 0 Å². The predicted molar refractivity (Wildman–Crippen MR) is 73.7 cm³/mol. The van der Waals surface area contributed by atoms with Gasteiger partial charge in [0.05, 0.1) is 5.02 Å². The largest absolute Gasteiger partial charge is 0.364 e. The molecule has 20 heavy (non-hydrogen) atoms. The molecule has 0 aliphatic carbocycles. The molecule has 0 amide bonds. The normalized spacial score (nSPS) is 10.3. The number of anilines is 2. The van der Waals surface area contributed by atoms with Crippen LogP contribution in [0.2, 0.25) is 5.02 Å². The number of nitrogens with two attached hydrogens (primary N) is 1. The molecule has 0 atom stereocenters. The highest BCUT2D eigenvalue weighted by molar-refractivity contribution is 6.31. The first kappa shape index (κ1) is 14.2. The van der Waals surface area contributed by atoms with E-state index in [2.05, 4.69) is 25.6 Å². The molecule has 1 heterocycles. The van der Waals surface area contributed by atoms with E-state index >= 15 is 0 Å². The van der Waals surface area contributed by atoms with Crippen molar-refractivity contribution >= 4 is 28.9 Å². The van der Waals surface area contributed by atoms with Gasteiger partial charge in [-0.2, -0.15) is 0 Å². The van der Waals surface area contributed by atoms with E-state index < -0.39 is 5.82 Å². The molecule has 0 spiro atoms. The van der Waals surface area contributed by atoms with Gasteiger partial charge in [0.1, 0.15) is 5.82 Å². The van der Waals surface area contributed by atoms with Crippen LogP contribution in [0.4, 0.5) is 15.9 Å². The molecular formula is C11H12ClFN6O. The lowest BCUT2D eigenvalue weighted by molar-refractivity contribution is 0.308. The minimum atomic E-state index is -0.530. The topological polar surface area (TPSA) is 113 Å². The Morgan fingerprint density at radius 1 is 1.45 bits per heavy atom. The average molecular weight is 299 g/mol. The van der Waals surface area contributed by atoms with E-state index in [0.717, 1.165) is 0 Å². The molecule has 0 aliphatic rings. The van der Waals surface area contributed by atoms with E-state index in [-0.39, 0.29) is 16.6 Å². The summed E-state index contributed by atoms with van der Waals surface area (Å²) >= 11 is 5.66. The molecule has 2 aromatic rings. The maximum atomic E-state index is 13.0. The van der Waals surface area contributed by atoms with Gasteiger partial charge in [-0.15, -0.1) is 0 Å². The van der Waals surface area contributed by atoms with Gasteiger partial charge in [0.25, 0.3) is 0 Å². The summed E-state index contributed by atoms with van der Waals surface area (Å²) in [6, 6.07) is 4.02. The van der Waals surface area contributed by atoms with Crippen molar-refractivity contribution in [2.24, 2.45) is 5.73 Å². The summed E-state index contributed by atoms with van der Waals surface area (Å²) < 4.78 is 17.6. The number of aromatic nitrogens is 2. The Morgan fingerprint density at radius 2 is 2.25 bits per heavy atom. The summed E-state index contributed by atoms with van der Waals surface area (Å²) in [5.74, 6) is -0.285. The monoisotopic (exact) mass is 298 g/mol. The van der Waals surface area contributed by atoms with Crippen LogP contribution in [0.15, 0.2) is 22.8 Å². The number of hydrogen-bond donors (Lipinski definition) is 4. The van der Waals surface area contributed by atoms with Crippen molar-refractivity contribution in [1.82, 2.24) is 10.3 Å². The zero-order chi connectivity index (χ0) is 14.5. The summed E-state index contributed by atoms with van der Waals surface area (Å²) in [6.45, 7) is 0.873. The second-order valence-corrected chi connectivity index (χ2v) is 4.21. The van der Waals surface area contributed by atoms with Gasteiger partial charge in [-0.3, -0.25) is 5.41 Å². The van der Waals surface area contributed by atoms with Gasteiger partial charge in [0.2, 0.25) is 5.82 Å². The standard InChI is InChI=1S/C11H12ClFN6O/c12-7-5-6(1-2-8(7)13)17-10(15)9-11(16-4-3-14)19-20-18-9/h1-2,5H,3-4,14H2,(H2,15,17)(H,16,19). The van der Waals surface area contributed by atoms with Crippen LogP contribution in [0.3, 0.4) is 0 Å². The first-order valence-electron chi connectivity index (χ1n) is 5.69. The highest BCUT2D eigenvalue weighted by Gasteiger charge is 2.15. The number of amidine groups is 1. The van der Waals surface area contributed by atoms with Gasteiger partial charge in [0.15, 0.2) is 11.5 Å². The zero-order valence-electron chi connectivity index (χ0n) is 10.3. The van der Waals surface area contributed by atoms with Gasteiger partial charge >= 0.3 is 0 Å². The number of nitrogens with zero attached hydrogens (tertiary/aromatic N) is 2. The third-order valence-electron chi connectivity index (χ3n) is 2.35. The average Bonchev–Trinajstić information content (AvgIpc) is 2.89. The van der Waals surface area contributed by atoms with Crippen LogP contribution in [0.1, 0.15) is 5.69 Å². The lowest BCUT2D eigenvalue weighted by Crippen LogP contribution is -2.18. The van der Waals surface area contributed by atoms with Crippen molar-refractivity contribution in [1.29, 1.82) is 5.41 Å². The Morgan fingerprint density at radius 3 is 2.95 bits per heavy atom. The fraction of sp³-hybridized carbons (Fsp3) is 0.182. The Bertz CT molecular complexity index is 617. The van der Waals surface area contributed by atoms with Crippen LogP contribution >= 0.6 is 11.6 Å². The lowest BCUT2D eigenvalue weighted by Gasteiger charge is -2.07. The lowest BCUT2D eigenvalue weighted by atomic mass is 10.3. The van der Waals surface area contributed by atoms with Crippen LogP contribution in [0.25, 0.3) is 0 Å². The number of hydrogen-bond acceptors (Lipinski definition) is 6. The van der Waals surface area contributed by atoms with E-state index in [4.69, 9.17) is 22.7 Å². The fourth-order valence-corrected chi connectivity index (χ4v) is 1.62. The molecule has 9 heteroatoms. The van der Waals surface area contributed by atoms with Crippen LogP contribution in [-0.2, 0) is 0 Å². The second-order valence-electron chi connectivity index (χ2n) is 3.81. The molecule has 0 bridgehead atoms. The third kappa shape index (κ3) is 3.22. The van der Waals surface area contributed by atoms with Crippen molar-refractivity contribution in [3.05, 3.63) is 34.7 Å². The van der Waals surface area contributed by atoms with Gasteiger partial charge < -0.3 is 16.4 Å². The second kappa shape index (κ2) is 6.31. The molecule has 2 rings (SSSR count). The van der Waals surface area contributed by atoms with Crippen LogP contribution in [-0.4, -0.2) is 29.2 Å². The van der Waals surface area contributed by atoms with Crippen LogP contribution in [0, 0.1) is 11.2 Å². The predicted octanol–water partition coefficient (Wildman–Crippen LogP) is 1.67. The van der Waals surface area contributed by atoms with Gasteiger partial charge in [-0.1, -0.05) is 11.6 Å². The summed E-state index contributed by atoms with van der Waals surface area (Å²) in [5, 5.41) is 20.7. The SMILES string of the molecule is N=C(Nc1ccc(F)c(Cl)c1)c1nonc1NCCN. The molecule has 0 saturated heterocycles. The molecular weight excluding hydrogens is 287 g/mol. The summed E-state index contributed by atoms with van der Waals surface area (Å²) in [4.78, 5) is 0. The maximum Gasteiger partial charge on any atom is 0.202 e.